The summed E-state index contributed by atoms with van der Waals surface area (Å²) in [7, 11) is 0. The number of anilines is 1. The highest BCUT2D eigenvalue weighted by molar-refractivity contribution is 6.31. The number of halogens is 2. The lowest BCUT2D eigenvalue weighted by Gasteiger charge is -2.32. The van der Waals surface area contributed by atoms with Gasteiger partial charge in [-0.15, -0.1) is 0 Å². The molecule has 1 aromatic heterocycles. The molecule has 1 saturated heterocycles. The van der Waals surface area contributed by atoms with Gasteiger partial charge in [0.25, 0.3) is 5.56 Å². The molecule has 0 radical (unpaired) electrons. The van der Waals surface area contributed by atoms with Crippen LogP contribution in [0.2, 0.25) is 5.02 Å². The van der Waals surface area contributed by atoms with E-state index in [1.807, 2.05) is 25.1 Å². The number of carbonyl (C=O) groups excluding carboxylic acids is 1. The summed E-state index contributed by atoms with van der Waals surface area (Å²) in [6.07, 6.45) is 2.53. The molecule has 31 heavy (non-hydrogen) atoms. The van der Waals surface area contributed by atoms with Crippen molar-refractivity contribution in [3.63, 3.8) is 0 Å². The highest BCUT2D eigenvalue weighted by atomic mass is 35.5. The van der Waals surface area contributed by atoms with Gasteiger partial charge in [0.1, 0.15) is 5.82 Å². The number of nitrogens with zero attached hydrogens (tertiary/aromatic N) is 1. The molecule has 162 valence electrons. The fourth-order valence-corrected chi connectivity index (χ4v) is 4.12. The van der Waals surface area contributed by atoms with Gasteiger partial charge in [0.2, 0.25) is 0 Å². The van der Waals surface area contributed by atoms with Gasteiger partial charge >= 0.3 is 6.03 Å². The Morgan fingerprint density at radius 2 is 2.10 bits per heavy atom. The van der Waals surface area contributed by atoms with E-state index in [0.717, 1.165) is 17.4 Å². The lowest BCUT2D eigenvalue weighted by Crippen LogP contribution is -2.40. The van der Waals surface area contributed by atoms with Crippen LogP contribution in [-0.4, -0.2) is 35.7 Å². The first-order valence-corrected chi connectivity index (χ1v) is 10.5. The van der Waals surface area contributed by atoms with Gasteiger partial charge in [0.05, 0.1) is 17.7 Å². The number of amides is 2. The van der Waals surface area contributed by atoms with Crippen molar-refractivity contribution in [3.8, 4) is 0 Å². The van der Waals surface area contributed by atoms with Crippen LogP contribution in [-0.2, 0) is 4.74 Å². The van der Waals surface area contributed by atoms with Crippen LogP contribution in [0.5, 0.6) is 0 Å². The van der Waals surface area contributed by atoms with Gasteiger partial charge in [-0.3, -0.25) is 4.79 Å². The van der Waals surface area contributed by atoms with E-state index >= 15 is 0 Å². The van der Waals surface area contributed by atoms with Crippen LogP contribution in [0, 0.1) is 11.7 Å². The number of urea groups is 1. The second-order valence-corrected chi connectivity index (χ2v) is 8.14. The first-order valence-electron chi connectivity index (χ1n) is 10.1. The summed E-state index contributed by atoms with van der Waals surface area (Å²) in [5, 5.41) is 4.12. The third-order valence-corrected chi connectivity index (χ3v) is 5.96. The summed E-state index contributed by atoms with van der Waals surface area (Å²) in [5.41, 5.74) is 1.07. The van der Waals surface area contributed by atoms with Crippen LogP contribution in [0.4, 0.5) is 14.9 Å². The number of hydrogen-bond donors (Lipinski definition) is 2. The minimum Gasteiger partial charge on any atom is -0.381 e. The zero-order valence-electron chi connectivity index (χ0n) is 17.0. The van der Waals surface area contributed by atoms with Gasteiger partial charge in [-0.05, 0) is 48.6 Å². The standard InChI is InChI=1S/C23H23ClFN3O3/c1-14(19-11-26-22(29)18-5-3-2-4-17(18)19)28(12-15-8-9-31-13-15)23(30)27-16-6-7-21(25)20(24)10-16/h2-7,10-11,14-15H,8-9,12-13H2,1H3,(H,26,29)(H,27,30)/t14-,15-/m1/s1. The van der Waals surface area contributed by atoms with Gasteiger partial charge in [0.15, 0.2) is 0 Å². The van der Waals surface area contributed by atoms with Crippen molar-refractivity contribution in [1.29, 1.82) is 0 Å². The number of benzene rings is 2. The van der Waals surface area contributed by atoms with E-state index in [-0.39, 0.29) is 28.6 Å². The predicted octanol–water partition coefficient (Wildman–Crippen LogP) is 4.95. The molecule has 0 unspecified atom stereocenters. The Kier molecular flexibility index (Phi) is 6.25. The first kappa shape index (κ1) is 21.3. The molecule has 4 rings (SSSR count). The van der Waals surface area contributed by atoms with Crippen LogP contribution in [0.3, 0.4) is 0 Å². The fraction of sp³-hybridized carbons (Fsp3) is 0.304. The lowest BCUT2D eigenvalue weighted by molar-refractivity contribution is 0.157. The predicted molar refractivity (Wildman–Crippen MR) is 119 cm³/mol. The summed E-state index contributed by atoms with van der Waals surface area (Å²) in [6.45, 7) is 3.66. The molecule has 0 saturated carbocycles. The van der Waals surface area contributed by atoms with E-state index in [1.165, 1.54) is 18.2 Å². The molecule has 2 aromatic carbocycles. The summed E-state index contributed by atoms with van der Waals surface area (Å²) in [6, 6.07) is 10.7. The summed E-state index contributed by atoms with van der Waals surface area (Å²) in [4.78, 5) is 30.0. The molecule has 0 spiro atoms. The third kappa shape index (κ3) is 4.57. The normalized spacial score (nSPS) is 16.9. The number of aromatic nitrogens is 1. The van der Waals surface area contributed by atoms with Crippen molar-refractivity contribution in [2.75, 3.05) is 25.1 Å². The third-order valence-electron chi connectivity index (χ3n) is 5.67. The number of pyridine rings is 1. The van der Waals surface area contributed by atoms with Crippen molar-refractivity contribution >= 4 is 34.1 Å². The van der Waals surface area contributed by atoms with E-state index in [1.54, 1.807) is 17.2 Å². The molecule has 3 aromatic rings. The van der Waals surface area contributed by atoms with Gasteiger partial charge in [-0.1, -0.05) is 29.8 Å². The SMILES string of the molecule is C[C@H](c1c[nH]c(=O)c2ccccc12)N(C[C@H]1CCOC1)C(=O)Nc1ccc(F)c(Cl)c1. The summed E-state index contributed by atoms with van der Waals surface area (Å²) >= 11 is 5.86. The summed E-state index contributed by atoms with van der Waals surface area (Å²) in [5.74, 6) is -0.341. The minimum absolute atomic E-state index is 0.0618. The number of rotatable bonds is 5. The van der Waals surface area contributed by atoms with Gasteiger partial charge in [-0.2, -0.15) is 0 Å². The molecule has 1 aliphatic heterocycles. The van der Waals surface area contributed by atoms with E-state index in [9.17, 15) is 14.0 Å². The van der Waals surface area contributed by atoms with Gasteiger partial charge in [0, 0.05) is 36.3 Å². The Balaban J connectivity index is 1.67. The summed E-state index contributed by atoms with van der Waals surface area (Å²) < 4.78 is 19.0. The number of aromatic amines is 1. The second kappa shape index (κ2) is 9.08. The fourth-order valence-electron chi connectivity index (χ4n) is 3.94. The van der Waals surface area contributed by atoms with Crippen molar-refractivity contribution in [3.05, 3.63) is 75.4 Å². The quantitative estimate of drug-likeness (QED) is 0.585. The molecule has 0 aliphatic carbocycles. The Hall–Kier alpha value is -2.90. The molecule has 2 atom stereocenters. The molecule has 6 nitrogen and oxygen atoms in total. The molecule has 1 aliphatic rings. The van der Waals surface area contributed by atoms with E-state index in [0.29, 0.717) is 30.8 Å². The number of ether oxygens (including phenoxy) is 1. The molecule has 2 amide bonds. The molecule has 8 heteroatoms. The van der Waals surface area contributed by atoms with E-state index in [4.69, 9.17) is 16.3 Å². The van der Waals surface area contributed by atoms with Crippen molar-refractivity contribution in [2.24, 2.45) is 5.92 Å². The number of fused-ring (bicyclic) bond motifs is 1. The van der Waals surface area contributed by atoms with Crippen LogP contribution >= 0.6 is 11.6 Å². The largest absolute Gasteiger partial charge is 0.381 e. The van der Waals surface area contributed by atoms with Gasteiger partial charge in [-0.25, -0.2) is 9.18 Å². The Bertz CT molecular complexity index is 1160. The molecule has 0 bridgehead atoms. The zero-order valence-corrected chi connectivity index (χ0v) is 17.8. The smallest absolute Gasteiger partial charge is 0.322 e. The van der Waals surface area contributed by atoms with Crippen molar-refractivity contribution in [2.45, 2.75) is 19.4 Å². The number of hydrogen-bond acceptors (Lipinski definition) is 3. The average molecular weight is 444 g/mol. The topological polar surface area (TPSA) is 74.4 Å². The molecule has 2 N–H and O–H groups in total. The highest BCUT2D eigenvalue weighted by Gasteiger charge is 2.28. The molecule has 2 heterocycles. The molecular weight excluding hydrogens is 421 g/mol. The van der Waals surface area contributed by atoms with Gasteiger partial charge < -0.3 is 19.9 Å². The maximum atomic E-state index is 13.5. The molecular formula is C23H23ClFN3O3. The van der Waals surface area contributed by atoms with Crippen LogP contribution in [0.1, 0.15) is 24.9 Å². The van der Waals surface area contributed by atoms with E-state index in [2.05, 4.69) is 10.3 Å². The first-order chi connectivity index (χ1) is 14.9. The van der Waals surface area contributed by atoms with Crippen molar-refractivity contribution < 1.29 is 13.9 Å². The average Bonchev–Trinajstić information content (AvgIpc) is 3.28. The Morgan fingerprint density at radius 3 is 2.81 bits per heavy atom. The van der Waals surface area contributed by atoms with Crippen LogP contribution < -0.4 is 10.9 Å². The maximum absolute atomic E-state index is 13.5. The van der Waals surface area contributed by atoms with Crippen molar-refractivity contribution in [1.82, 2.24) is 9.88 Å². The Labute approximate surface area is 184 Å². The number of nitrogens with one attached hydrogen (secondary N) is 2. The van der Waals surface area contributed by atoms with Crippen LogP contribution in [0.25, 0.3) is 10.8 Å². The Morgan fingerprint density at radius 1 is 1.32 bits per heavy atom. The monoisotopic (exact) mass is 443 g/mol. The second-order valence-electron chi connectivity index (χ2n) is 7.74. The lowest BCUT2D eigenvalue weighted by atomic mass is 10.00. The van der Waals surface area contributed by atoms with Crippen LogP contribution in [0.15, 0.2) is 53.5 Å². The number of H-pyrrole nitrogens is 1. The minimum atomic E-state index is -0.548. The number of carbonyl (C=O) groups is 1. The maximum Gasteiger partial charge on any atom is 0.322 e. The van der Waals surface area contributed by atoms with E-state index < -0.39 is 5.82 Å². The highest BCUT2D eigenvalue weighted by Crippen LogP contribution is 2.29. The zero-order chi connectivity index (χ0) is 22.0. The molecule has 1 fully saturated rings.